The molecule has 2 saturated heterocycles. The Labute approximate surface area is 123 Å². The predicted molar refractivity (Wildman–Crippen MR) is 84.7 cm³/mol. The summed E-state index contributed by atoms with van der Waals surface area (Å²) >= 11 is 0. The second kappa shape index (κ2) is 7.24. The molecule has 2 nitrogen and oxygen atoms in total. The summed E-state index contributed by atoms with van der Waals surface area (Å²) in [5.74, 6) is 0. The smallest absolute Gasteiger partial charge is 0.0236 e. The fourth-order valence-electron chi connectivity index (χ4n) is 3.81. The van der Waals surface area contributed by atoms with Crippen LogP contribution in [0.5, 0.6) is 0 Å². The lowest BCUT2D eigenvalue weighted by atomic mass is 9.95. The van der Waals surface area contributed by atoms with E-state index in [4.69, 9.17) is 0 Å². The lowest BCUT2D eigenvalue weighted by Crippen LogP contribution is -2.39. The van der Waals surface area contributed by atoms with Crippen molar-refractivity contribution in [1.29, 1.82) is 0 Å². The van der Waals surface area contributed by atoms with Crippen LogP contribution in [0.2, 0.25) is 0 Å². The number of hydrogen-bond donors (Lipinski definition) is 1. The van der Waals surface area contributed by atoms with Crippen LogP contribution in [0.4, 0.5) is 0 Å². The van der Waals surface area contributed by atoms with Crippen LogP contribution in [-0.4, -0.2) is 30.1 Å². The topological polar surface area (TPSA) is 15.3 Å². The van der Waals surface area contributed by atoms with Crippen molar-refractivity contribution in [2.24, 2.45) is 0 Å². The monoisotopic (exact) mass is 272 g/mol. The fourth-order valence-corrected chi connectivity index (χ4v) is 3.81. The average molecular weight is 272 g/mol. The van der Waals surface area contributed by atoms with E-state index in [1.165, 1.54) is 63.6 Å². The summed E-state index contributed by atoms with van der Waals surface area (Å²) < 4.78 is 0. The molecule has 1 N–H and O–H groups in total. The molecule has 2 unspecified atom stereocenters. The fraction of sp³-hybridized carbons (Fsp3) is 0.667. The van der Waals surface area contributed by atoms with E-state index < -0.39 is 0 Å². The minimum absolute atomic E-state index is 0.801. The van der Waals surface area contributed by atoms with Gasteiger partial charge in [0.15, 0.2) is 0 Å². The van der Waals surface area contributed by atoms with E-state index in [1.54, 1.807) is 0 Å². The Kier molecular flexibility index (Phi) is 5.10. The first kappa shape index (κ1) is 14.1. The Morgan fingerprint density at radius 3 is 2.70 bits per heavy atom. The highest BCUT2D eigenvalue weighted by molar-refractivity contribution is 5.14. The van der Waals surface area contributed by atoms with Gasteiger partial charge in [-0.25, -0.2) is 0 Å². The quantitative estimate of drug-likeness (QED) is 0.881. The number of benzene rings is 1. The first-order valence-corrected chi connectivity index (χ1v) is 8.43. The maximum atomic E-state index is 3.64. The molecular weight excluding hydrogens is 244 g/mol. The SMILES string of the molecule is c1ccc(CN2CCCCC2CCC2CCCN2)cc1. The van der Waals surface area contributed by atoms with E-state index in [2.05, 4.69) is 40.5 Å². The van der Waals surface area contributed by atoms with Gasteiger partial charge in [-0.3, -0.25) is 4.90 Å². The van der Waals surface area contributed by atoms with Gasteiger partial charge in [-0.1, -0.05) is 36.8 Å². The van der Waals surface area contributed by atoms with Crippen molar-refractivity contribution in [2.45, 2.75) is 63.6 Å². The highest BCUT2D eigenvalue weighted by Crippen LogP contribution is 2.24. The summed E-state index contributed by atoms with van der Waals surface area (Å²) in [6.45, 7) is 3.67. The Bertz CT molecular complexity index is 384. The first-order chi connectivity index (χ1) is 9.92. The average Bonchev–Trinajstić information content (AvgIpc) is 3.01. The zero-order valence-corrected chi connectivity index (χ0v) is 12.6. The molecule has 2 aliphatic heterocycles. The second-order valence-corrected chi connectivity index (χ2v) is 6.48. The van der Waals surface area contributed by atoms with Gasteiger partial charge >= 0.3 is 0 Å². The minimum Gasteiger partial charge on any atom is -0.314 e. The second-order valence-electron chi connectivity index (χ2n) is 6.48. The number of likely N-dealkylation sites (tertiary alicyclic amines) is 1. The third-order valence-corrected chi connectivity index (χ3v) is 4.99. The summed E-state index contributed by atoms with van der Waals surface area (Å²) in [6, 6.07) is 12.6. The largest absolute Gasteiger partial charge is 0.314 e. The van der Waals surface area contributed by atoms with Gasteiger partial charge in [0.05, 0.1) is 0 Å². The molecule has 0 aliphatic carbocycles. The highest BCUT2D eigenvalue weighted by atomic mass is 15.2. The van der Waals surface area contributed by atoms with Crippen LogP contribution in [0.15, 0.2) is 30.3 Å². The Hall–Kier alpha value is -0.860. The molecule has 20 heavy (non-hydrogen) atoms. The molecule has 1 aromatic rings. The van der Waals surface area contributed by atoms with Gasteiger partial charge in [0.25, 0.3) is 0 Å². The van der Waals surface area contributed by atoms with E-state index in [0.717, 1.165) is 18.6 Å². The normalized spacial score (nSPS) is 27.8. The Morgan fingerprint density at radius 2 is 1.90 bits per heavy atom. The van der Waals surface area contributed by atoms with Crippen LogP contribution in [0.3, 0.4) is 0 Å². The minimum atomic E-state index is 0.801. The number of piperidine rings is 1. The molecule has 2 heteroatoms. The third-order valence-electron chi connectivity index (χ3n) is 4.99. The molecule has 3 rings (SSSR count). The highest BCUT2D eigenvalue weighted by Gasteiger charge is 2.24. The molecule has 2 fully saturated rings. The molecule has 110 valence electrons. The molecule has 0 amide bonds. The van der Waals surface area contributed by atoms with Crippen LogP contribution in [-0.2, 0) is 6.54 Å². The van der Waals surface area contributed by atoms with Gasteiger partial charge in [-0.05, 0) is 57.2 Å². The first-order valence-electron chi connectivity index (χ1n) is 8.43. The van der Waals surface area contributed by atoms with E-state index in [9.17, 15) is 0 Å². The van der Waals surface area contributed by atoms with Crippen molar-refractivity contribution in [3.8, 4) is 0 Å². The zero-order chi connectivity index (χ0) is 13.6. The maximum absolute atomic E-state index is 3.64. The van der Waals surface area contributed by atoms with Crippen LogP contribution in [0.1, 0.15) is 50.5 Å². The van der Waals surface area contributed by atoms with Crippen LogP contribution < -0.4 is 5.32 Å². The maximum Gasteiger partial charge on any atom is 0.0236 e. The van der Waals surface area contributed by atoms with Crippen LogP contribution >= 0.6 is 0 Å². The molecule has 2 heterocycles. The van der Waals surface area contributed by atoms with E-state index >= 15 is 0 Å². The lowest BCUT2D eigenvalue weighted by Gasteiger charge is -2.36. The third kappa shape index (κ3) is 3.83. The van der Waals surface area contributed by atoms with Crippen molar-refractivity contribution >= 4 is 0 Å². The molecule has 0 bridgehead atoms. The van der Waals surface area contributed by atoms with Crippen molar-refractivity contribution in [1.82, 2.24) is 10.2 Å². The molecule has 0 aromatic heterocycles. The van der Waals surface area contributed by atoms with Crippen molar-refractivity contribution in [3.63, 3.8) is 0 Å². The Morgan fingerprint density at radius 1 is 1.00 bits per heavy atom. The molecule has 1 aromatic carbocycles. The standard InChI is InChI=1S/C18H28N2/c1-2-7-16(8-3-1)15-20-14-5-4-10-18(20)12-11-17-9-6-13-19-17/h1-3,7-8,17-19H,4-6,9-15H2. The van der Waals surface area contributed by atoms with Gasteiger partial charge in [0.2, 0.25) is 0 Å². The zero-order valence-electron chi connectivity index (χ0n) is 12.6. The van der Waals surface area contributed by atoms with Crippen molar-refractivity contribution in [3.05, 3.63) is 35.9 Å². The van der Waals surface area contributed by atoms with Gasteiger partial charge in [-0.2, -0.15) is 0 Å². The van der Waals surface area contributed by atoms with E-state index in [-0.39, 0.29) is 0 Å². The molecule has 0 saturated carbocycles. The van der Waals surface area contributed by atoms with Crippen LogP contribution in [0, 0.1) is 0 Å². The lowest BCUT2D eigenvalue weighted by molar-refractivity contribution is 0.128. The number of nitrogens with one attached hydrogen (secondary N) is 1. The van der Waals surface area contributed by atoms with Crippen molar-refractivity contribution < 1.29 is 0 Å². The molecule has 2 aliphatic rings. The predicted octanol–water partition coefficient (Wildman–Crippen LogP) is 3.57. The number of nitrogens with zero attached hydrogens (tertiary/aromatic N) is 1. The molecule has 0 spiro atoms. The molecule has 2 atom stereocenters. The number of rotatable bonds is 5. The van der Waals surface area contributed by atoms with Gasteiger partial charge < -0.3 is 5.32 Å². The van der Waals surface area contributed by atoms with E-state index in [1.807, 2.05) is 0 Å². The summed E-state index contributed by atoms with van der Waals surface area (Å²) in [4.78, 5) is 2.73. The van der Waals surface area contributed by atoms with Crippen molar-refractivity contribution in [2.75, 3.05) is 13.1 Å². The summed E-state index contributed by atoms with van der Waals surface area (Å²) in [5, 5.41) is 3.64. The summed E-state index contributed by atoms with van der Waals surface area (Å²) in [5.41, 5.74) is 1.47. The molecular formula is C18H28N2. The van der Waals surface area contributed by atoms with Gasteiger partial charge in [0.1, 0.15) is 0 Å². The summed E-state index contributed by atoms with van der Waals surface area (Å²) in [7, 11) is 0. The Balaban J connectivity index is 1.53. The van der Waals surface area contributed by atoms with Gasteiger partial charge in [0, 0.05) is 18.6 Å². The molecule has 0 radical (unpaired) electrons. The van der Waals surface area contributed by atoms with E-state index in [0.29, 0.717) is 0 Å². The van der Waals surface area contributed by atoms with Crippen LogP contribution in [0.25, 0.3) is 0 Å². The van der Waals surface area contributed by atoms with Gasteiger partial charge in [-0.15, -0.1) is 0 Å². The number of hydrogen-bond acceptors (Lipinski definition) is 2. The summed E-state index contributed by atoms with van der Waals surface area (Å²) in [6.07, 6.45) is 9.73.